The standard InChI is InChI=1S/C7H13NO3S/c1-7(2)11-5(4-12-7)3-10-6(8)9/h5H,3-4H2,1-2H3,(H2,8,9)/t5-/m1/s1. The van der Waals surface area contributed by atoms with Crippen LogP contribution in [0.3, 0.4) is 0 Å². The molecule has 70 valence electrons. The second-order valence-corrected chi connectivity index (χ2v) is 4.69. The van der Waals surface area contributed by atoms with Crippen LogP contribution < -0.4 is 5.73 Å². The molecule has 1 saturated heterocycles. The third kappa shape index (κ3) is 2.91. The van der Waals surface area contributed by atoms with Crippen LogP contribution in [-0.4, -0.2) is 29.5 Å². The third-order valence-corrected chi connectivity index (χ3v) is 2.81. The SMILES string of the molecule is CC1(C)O[C@H](COC(N)=O)CS1. The van der Waals surface area contributed by atoms with E-state index in [1.54, 1.807) is 11.8 Å². The van der Waals surface area contributed by atoms with Crippen LogP contribution in [0.2, 0.25) is 0 Å². The smallest absolute Gasteiger partial charge is 0.404 e. The molecule has 0 unspecified atom stereocenters. The van der Waals surface area contributed by atoms with Gasteiger partial charge in [0.15, 0.2) is 0 Å². The molecule has 1 atom stereocenters. The molecular formula is C7H13NO3S. The summed E-state index contributed by atoms with van der Waals surface area (Å²) < 4.78 is 10.1. The van der Waals surface area contributed by atoms with Crippen LogP contribution >= 0.6 is 11.8 Å². The van der Waals surface area contributed by atoms with Gasteiger partial charge >= 0.3 is 6.09 Å². The van der Waals surface area contributed by atoms with Gasteiger partial charge in [-0.2, -0.15) is 0 Å². The Balaban J connectivity index is 2.24. The molecule has 0 aromatic carbocycles. The molecule has 1 heterocycles. The van der Waals surface area contributed by atoms with Crippen LogP contribution in [0.4, 0.5) is 4.79 Å². The van der Waals surface area contributed by atoms with E-state index in [4.69, 9.17) is 10.5 Å². The van der Waals surface area contributed by atoms with E-state index in [1.807, 2.05) is 13.8 Å². The van der Waals surface area contributed by atoms with Gasteiger partial charge in [-0.15, -0.1) is 11.8 Å². The minimum absolute atomic E-state index is 0.0162. The molecule has 0 aromatic rings. The van der Waals surface area contributed by atoms with Crippen molar-refractivity contribution in [3.8, 4) is 0 Å². The molecule has 0 aromatic heterocycles. The summed E-state index contributed by atoms with van der Waals surface area (Å²) in [5.41, 5.74) is 4.81. The average Bonchev–Trinajstić information content (AvgIpc) is 2.26. The first-order valence-electron chi connectivity index (χ1n) is 3.73. The van der Waals surface area contributed by atoms with Gasteiger partial charge in [0.25, 0.3) is 0 Å². The minimum atomic E-state index is -0.742. The van der Waals surface area contributed by atoms with Crippen LogP contribution in [-0.2, 0) is 9.47 Å². The van der Waals surface area contributed by atoms with E-state index >= 15 is 0 Å². The van der Waals surface area contributed by atoms with E-state index in [-0.39, 0.29) is 17.6 Å². The van der Waals surface area contributed by atoms with Gasteiger partial charge in [-0.25, -0.2) is 4.79 Å². The maximum Gasteiger partial charge on any atom is 0.404 e. The lowest BCUT2D eigenvalue weighted by molar-refractivity contribution is -0.0166. The first kappa shape index (κ1) is 9.67. The van der Waals surface area contributed by atoms with E-state index in [0.717, 1.165) is 5.75 Å². The lowest BCUT2D eigenvalue weighted by Gasteiger charge is -2.17. The molecule has 5 heteroatoms. The molecule has 4 nitrogen and oxygen atoms in total. The quantitative estimate of drug-likeness (QED) is 0.706. The number of thioether (sulfide) groups is 1. The second kappa shape index (κ2) is 3.53. The zero-order valence-electron chi connectivity index (χ0n) is 7.20. The predicted octanol–water partition coefficient (Wildman–Crippen LogP) is 0.950. The summed E-state index contributed by atoms with van der Waals surface area (Å²) in [7, 11) is 0. The largest absolute Gasteiger partial charge is 0.447 e. The Morgan fingerprint density at radius 1 is 1.83 bits per heavy atom. The lowest BCUT2D eigenvalue weighted by Crippen LogP contribution is -2.26. The van der Waals surface area contributed by atoms with E-state index in [2.05, 4.69) is 4.74 Å². The van der Waals surface area contributed by atoms with Gasteiger partial charge in [-0.3, -0.25) is 0 Å². The van der Waals surface area contributed by atoms with Gasteiger partial charge in [-0.05, 0) is 13.8 Å². The Morgan fingerprint density at radius 2 is 2.50 bits per heavy atom. The van der Waals surface area contributed by atoms with Crippen LogP contribution in [0.1, 0.15) is 13.8 Å². The lowest BCUT2D eigenvalue weighted by atomic mass is 10.4. The summed E-state index contributed by atoms with van der Waals surface area (Å²) in [6.07, 6.45) is -0.759. The van der Waals surface area contributed by atoms with Gasteiger partial charge in [0.2, 0.25) is 0 Å². The molecule has 0 bridgehead atoms. The molecule has 1 rings (SSSR count). The number of rotatable bonds is 2. The molecule has 0 aliphatic carbocycles. The van der Waals surface area contributed by atoms with Crippen molar-refractivity contribution in [2.45, 2.75) is 24.9 Å². The van der Waals surface area contributed by atoms with E-state index in [1.165, 1.54) is 0 Å². The van der Waals surface area contributed by atoms with Gasteiger partial charge in [0.05, 0.1) is 0 Å². The summed E-state index contributed by atoms with van der Waals surface area (Å²) in [6.45, 7) is 4.23. The zero-order chi connectivity index (χ0) is 9.19. The van der Waals surface area contributed by atoms with Crippen LogP contribution in [0.15, 0.2) is 0 Å². The number of amides is 1. The Morgan fingerprint density at radius 3 is 2.92 bits per heavy atom. The maximum atomic E-state index is 10.3. The van der Waals surface area contributed by atoms with Crippen molar-refractivity contribution in [2.75, 3.05) is 12.4 Å². The van der Waals surface area contributed by atoms with Gasteiger partial charge in [0, 0.05) is 5.75 Å². The summed E-state index contributed by atoms with van der Waals surface area (Å²) in [4.78, 5) is 10.1. The fourth-order valence-corrected chi connectivity index (χ4v) is 1.98. The third-order valence-electron chi connectivity index (χ3n) is 1.48. The average molecular weight is 191 g/mol. The summed E-state index contributed by atoms with van der Waals surface area (Å²) in [6, 6.07) is 0. The molecule has 1 fully saturated rings. The number of carbonyl (C=O) groups is 1. The molecule has 1 aliphatic rings. The second-order valence-electron chi connectivity index (χ2n) is 3.08. The number of carbonyl (C=O) groups excluding carboxylic acids is 1. The minimum Gasteiger partial charge on any atom is -0.447 e. The van der Waals surface area contributed by atoms with Crippen LogP contribution in [0, 0.1) is 0 Å². The normalized spacial score (nSPS) is 27.0. The highest BCUT2D eigenvalue weighted by molar-refractivity contribution is 8.00. The molecule has 0 spiro atoms. The van der Waals surface area contributed by atoms with Crippen molar-refractivity contribution in [1.82, 2.24) is 0 Å². The molecule has 0 saturated carbocycles. The Kier molecular flexibility index (Phi) is 2.85. The van der Waals surface area contributed by atoms with Crippen molar-refractivity contribution in [3.63, 3.8) is 0 Å². The van der Waals surface area contributed by atoms with Crippen molar-refractivity contribution in [2.24, 2.45) is 5.73 Å². The van der Waals surface area contributed by atoms with Crippen molar-refractivity contribution in [1.29, 1.82) is 0 Å². The predicted molar refractivity (Wildman–Crippen MR) is 46.9 cm³/mol. The molecule has 0 radical (unpaired) electrons. The Hall–Kier alpha value is -0.420. The van der Waals surface area contributed by atoms with E-state index in [0.29, 0.717) is 0 Å². The highest BCUT2D eigenvalue weighted by atomic mass is 32.2. The van der Waals surface area contributed by atoms with Crippen LogP contribution in [0.25, 0.3) is 0 Å². The number of hydrogen-bond acceptors (Lipinski definition) is 4. The van der Waals surface area contributed by atoms with E-state index in [9.17, 15) is 4.79 Å². The monoisotopic (exact) mass is 191 g/mol. The number of primary amides is 1. The molecular weight excluding hydrogens is 178 g/mol. The van der Waals surface area contributed by atoms with Gasteiger partial charge in [-0.1, -0.05) is 0 Å². The van der Waals surface area contributed by atoms with Crippen molar-refractivity contribution >= 4 is 17.9 Å². The fraction of sp³-hybridized carbons (Fsp3) is 0.857. The topological polar surface area (TPSA) is 61.6 Å². The summed E-state index contributed by atoms with van der Waals surface area (Å²) in [5.74, 6) is 0.848. The zero-order valence-corrected chi connectivity index (χ0v) is 8.02. The van der Waals surface area contributed by atoms with Crippen molar-refractivity contribution < 1.29 is 14.3 Å². The molecule has 12 heavy (non-hydrogen) atoms. The summed E-state index contributed by atoms with van der Waals surface area (Å²) in [5, 5.41) is 0. The molecule has 2 N–H and O–H groups in total. The number of nitrogens with two attached hydrogens (primary N) is 1. The van der Waals surface area contributed by atoms with E-state index < -0.39 is 6.09 Å². The molecule has 1 aliphatic heterocycles. The first-order valence-corrected chi connectivity index (χ1v) is 4.72. The Labute approximate surface area is 75.8 Å². The highest BCUT2D eigenvalue weighted by Crippen LogP contribution is 2.35. The summed E-state index contributed by atoms with van der Waals surface area (Å²) >= 11 is 1.70. The number of ether oxygens (including phenoxy) is 2. The van der Waals surface area contributed by atoms with Crippen LogP contribution in [0.5, 0.6) is 0 Å². The Bertz CT molecular complexity index is 183. The fourth-order valence-electron chi connectivity index (χ4n) is 1.02. The highest BCUT2D eigenvalue weighted by Gasteiger charge is 2.32. The van der Waals surface area contributed by atoms with Gasteiger partial charge in [0.1, 0.15) is 17.6 Å². The number of hydrogen-bond donors (Lipinski definition) is 1. The first-order chi connectivity index (χ1) is 5.49. The van der Waals surface area contributed by atoms with Crippen molar-refractivity contribution in [3.05, 3.63) is 0 Å². The molecule has 1 amide bonds. The maximum absolute atomic E-state index is 10.3. The van der Waals surface area contributed by atoms with Gasteiger partial charge < -0.3 is 15.2 Å².